The predicted molar refractivity (Wildman–Crippen MR) is 240 cm³/mol. The van der Waals surface area contributed by atoms with Crippen LogP contribution < -0.4 is 4.90 Å². The highest BCUT2D eigenvalue weighted by atomic mass is 19.2. The third-order valence-electron chi connectivity index (χ3n) is 11.7. The molecule has 11 aromatic rings. The van der Waals surface area contributed by atoms with Crippen LogP contribution in [-0.2, 0) is 0 Å². The van der Waals surface area contributed by atoms with Crippen LogP contribution in [0.4, 0.5) is 39.0 Å². The van der Waals surface area contributed by atoms with Gasteiger partial charge in [-0.1, -0.05) is 109 Å². The lowest BCUT2D eigenvalue weighted by Gasteiger charge is -2.26. The number of hydrogen-bond acceptors (Lipinski definition) is 1. The van der Waals surface area contributed by atoms with Crippen molar-refractivity contribution in [2.24, 2.45) is 0 Å². The highest BCUT2D eigenvalue weighted by Crippen LogP contribution is 2.42. The van der Waals surface area contributed by atoms with Gasteiger partial charge < -0.3 is 14.0 Å². The summed E-state index contributed by atoms with van der Waals surface area (Å²) in [7, 11) is 0. The van der Waals surface area contributed by atoms with Gasteiger partial charge in [0.25, 0.3) is 0 Å². The smallest absolute Gasteiger partial charge is 0.200 e. The minimum absolute atomic E-state index is 0.152. The molecule has 0 N–H and O–H groups in total. The maximum Gasteiger partial charge on any atom is 0.200 e. The van der Waals surface area contributed by atoms with E-state index in [1.165, 1.54) is 12.1 Å². The predicted octanol–water partition coefficient (Wildman–Crippen LogP) is 15.4. The molecule has 0 spiro atoms. The van der Waals surface area contributed by atoms with Crippen molar-refractivity contribution in [1.82, 2.24) is 9.13 Å². The van der Waals surface area contributed by atoms with Gasteiger partial charge in [-0.25, -0.2) is 22.0 Å². The van der Waals surface area contributed by atoms with E-state index in [2.05, 4.69) is 112 Å². The summed E-state index contributed by atoms with van der Waals surface area (Å²) < 4.78 is 77.0. The Morgan fingerprint density at radius 3 is 1.29 bits per heavy atom. The Bertz CT molecular complexity index is 3480. The maximum atomic E-state index is 15.0. The quantitative estimate of drug-likeness (QED) is 0.0887. The van der Waals surface area contributed by atoms with E-state index in [0.717, 1.165) is 77.5 Å². The summed E-state index contributed by atoms with van der Waals surface area (Å²) in [6, 6.07) is 63.8. The fourth-order valence-electron chi connectivity index (χ4n) is 8.85. The molecule has 0 saturated carbocycles. The van der Waals surface area contributed by atoms with Gasteiger partial charge >= 0.3 is 0 Å². The first-order valence-corrected chi connectivity index (χ1v) is 20.1. The largest absolute Gasteiger partial charge is 0.310 e. The Morgan fingerprint density at radius 1 is 0.290 bits per heavy atom. The van der Waals surface area contributed by atoms with Crippen molar-refractivity contribution in [3.63, 3.8) is 0 Å². The minimum atomic E-state index is -2.20. The van der Waals surface area contributed by atoms with Crippen molar-refractivity contribution in [2.45, 2.75) is 0 Å². The van der Waals surface area contributed by atoms with Crippen molar-refractivity contribution in [3.05, 3.63) is 223 Å². The number of para-hydroxylation sites is 4. The topological polar surface area (TPSA) is 13.1 Å². The molecule has 0 bridgehead atoms. The summed E-state index contributed by atoms with van der Waals surface area (Å²) in [6.45, 7) is 0. The van der Waals surface area contributed by atoms with E-state index in [0.29, 0.717) is 5.69 Å². The van der Waals surface area contributed by atoms with Crippen LogP contribution in [0.1, 0.15) is 0 Å². The van der Waals surface area contributed by atoms with E-state index in [9.17, 15) is 22.0 Å². The number of benzene rings is 9. The Kier molecular flexibility index (Phi) is 8.75. The van der Waals surface area contributed by atoms with Gasteiger partial charge in [0.15, 0.2) is 23.3 Å². The number of halogens is 5. The van der Waals surface area contributed by atoms with Crippen LogP contribution in [0.25, 0.3) is 77.2 Å². The second-order valence-electron chi connectivity index (χ2n) is 15.2. The van der Waals surface area contributed by atoms with E-state index < -0.39 is 34.6 Å². The molecule has 11 rings (SSSR count). The van der Waals surface area contributed by atoms with E-state index >= 15 is 0 Å². The van der Waals surface area contributed by atoms with Gasteiger partial charge in [-0.3, -0.25) is 0 Å². The van der Waals surface area contributed by atoms with Crippen molar-refractivity contribution in [2.75, 3.05) is 4.90 Å². The summed E-state index contributed by atoms with van der Waals surface area (Å²) in [5.74, 6) is -9.95. The lowest BCUT2D eigenvalue weighted by Crippen LogP contribution is -2.10. The number of rotatable bonds is 7. The normalized spacial score (nSPS) is 11.6. The molecule has 62 heavy (non-hydrogen) atoms. The molecule has 298 valence electrons. The van der Waals surface area contributed by atoms with Crippen LogP contribution in [0, 0.1) is 29.1 Å². The second kappa shape index (κ2) is 14.6. The zero-order valence-electron chi connectivity index (χ0n) is 32.7. The van der Waals surface area contributed by atoms with Crippen LogP contribution in [0.3, 0.4) is 0 Å². The van der Waals surface area contributed by atoms with Gasteiger partial charge in [0.1, 0.15) is 0 Å². The zero-order valence-corrected chi connectivity index (χ0v) is 32.7. The summed E-state index contributed by atoms with van der Waals surface area (Å²) >= 11 is 0. The van der Waals surface area contributed by atoms with Gasteiger partial charge in [-0.15, -0.1) is 0 Å². The lowest BCUT2D eigenvalue weighted by atomic mass is 10.0. The Morgan fingerprint density at radius 2 is 0.710 bits per heavy atom. The molecule has 0 aliphatic rings. The summed E-state index contributed by atoms with van der Waals surface area (Å²) in [5, 5.41) is 4.41. The first-order valence-electron chi connectivity index (χ1n) is 20.1. The first kappa shape index (κ1) is 37.1. The number of fused-ring (bicyclic) bond motifs is 6. The number of hydrogen-bond donors (Lipinski definition) is 0. The molecule has 0 aliphatic carbocycles. The molecular weight excluding hydrogens is 786 g/mol. The maximum absolute atomic E-state index is 15.0. The van der Waals surface area contributed by atoms with Crippen molar-refractivity contribution in [1.29, 1.82) is 0 Å². The highest BCUT2D eigenvalue weighted by Gasteiger charge is 2.27. The zero-order chi connectivity index (χ0) is 42.1. The molecule has 0 radical (unpaired) electrons. The summed E-state index contributed by atoms with van der Waals surface area (Å²) in [4.78, 5) is 2.01. The third kappa shape index (κ3) is 5.86. The molecule has 3 nitrogen and oxygen atoms in total. The van der Waals surface area contributed by atoms with E-state index in [1.807, 2.05) is 71.6 Å². The van der Waals surface area contributed by atoms with Gasteiger partial charge in [-0.05, 0) is 102 Å². The van der Waals surface area contributed by atoms with Crippen molar-refractivity contribution < 1.29 is 22.0 Å². The van der Waals surface area contributed by atoms with Crippen LogP contribution in [0.5, 0.6) is 0 Å². The summed E-state index contributed by atoms with van der Waals surface area (Å²) in [6.07, 6.45) is 0. The fraction of sp³-hybridized carbons (Fsp3) is 0. The first-order chi connectivity index (χ1) is 30.4. The Labute approximate surface area is 352 Å². The molecular formula is C54H32F5N3. The summed E-state index contributed by atoms with van der Waals surface area (Å²) in [5.41, 5.74) is 9.33. The number of nitrogens with zero attached hydrogens (tertiary/aromatic N) is 3. The molecule has 0 aliphatic heterocycles. The third-order valence-corrected chi connectivity index (χ3v) is 11.7. The Hall–Kier alpha value is -7.97. The molecule has 0 unspecified atom stereocenters. The molecule has 0 atom stereocenters. The monoisotopic (exact) mass is 817 g/mol. The van der Waals surface area contributed by atoms with Gasteiger partial charge in [-0.2, -0.15) is 0 Å². The van der Waals surface area contributed by atoms with Crippen LogP contribution in [0.15, 0.2) is 194 Å². The van der Waals surface area contributed by atoms with E-state index in [1.54, 1.807) is 12.1 Å². The molecule has 0 saturated heterocycles. The second-order valence-corrected chi connectivity index (χ2v) is 15.2. The van der Waals surface area contributed by atoms with E-state index in [-0.39, 0.29) is 5.56 Å². The van der Waals surface area contributed by atoms with E-state index in [4.69, 9.17) is 0 Å². The average molecular weight is 818 g/mol. The lowest BCUT2D eigenvalue weighted by molar-refractivity contribution is 0.381. The average Bonchev–Trinajstić information content (AvgIpc) is 3.84. The number of aromatic nitrogens is 2. The molecule has 8 heteroatoms. The molecule has 2 heterocycles. The molecule has 9 aromatic carbocycles. The molecule has 2 aromatic heterocycles. The Balaban J connectivity index is 1.05. The van der Waals surface area contributed by atoms with Crippen molar-refractivity contribution in [3.8, 4) is 33.6 Å². The SMILES string of the molecule is Fc1c(F)c(F)c(-c2ccc(N(c3ccc(-c4ccc5c(c4)c4ccccc4n5-c4ccccc4)cc3)c3ccc4c5ccccc5n(-c5ccccc5)c4c3)cc2)c(F)c1F. The van der Waals surface area contributed by atoms with Gasteiger partial charge in [0.05, 0.1) is 27.6 Å². The van der Waals surface area contributed by atoms with Gasteiger partial charge in [0, 0.05) is 50.0 Å². The standard InChI is InChI=1S/C54H32F5N3/c55-50-49(51(56)53(58)54(59)52(50)57)34-21-26-39(27-22-34)60(40-28-29-43-41-15-7-9-17-45(41)62(48(43)32-40)37-13-5-2-6-14-37)38-24-19-33(20-25-38)35-23-30-47-44(31-35)42-16-8-10-18-46(42)61(47)36-11-3-1-4-12-36/h1-32H. The molecule has 0 amide bonds. The minimum Gasteiger partial charge on any atom is -0.310 e. The van der Waals surface area contributed by atoms with Crippen molar-refractivity contribution >= 4 is 60.7 Å². The number of anilines is 3. The van der Waals surface area contributed by atoms with Crippen LogP contribution in [-0.4, -0.2) is 9.13 Å². The van der Waals surface area contributed by atoms with Gasteiger partial charge in [0.2, 0.25) is 5.82 Å². The van der Waals surface area contributed by atoms with Crippen LogP contribution in [0.2, 0.25) is 0 Å². The highest BCUT2D eigenvalue weighted by molar-refractivity contribution is 6.11. The van der Waals surface area contributed by atoms with Crippen LogP contribution >= 0.6 is 0 Å². The molecule has 0 fully saturated rings. The fourth-order valence-corrected chi connectivity index (χ4v) is 8.85.